The van der Waals surface area contributed by atoms with Crippen LogP contribution < -0.4 is 0 Å². The fourth-order valence-corrected chi connectivity index (χ4v) is 1.82. The third-order valence-corrected chi connectivity index (χ3v) is 2.43. The lowest BCUT2D eigenvalue weighted by Crippen LogP contribution is -2.17. The Kier molecular flexibility index (Phi) is 1.70. The van der Waals surface area contributed by atoms with Gasteiger partial charge in [0.25, 0.3) is 0 Å². The first-order valence-corrected chi connectivity index (χ1v) is 4.10. The molecular weight excluding hydrogens is 138 g/mol. The minimum absolute atomic E-state index is 0.722. The standard InChI is InChI=1S/C9H13NO/c1-11-10-7-6-8-4-2-3-5-9(8)10/h2-3,5,8H,4,6-7H2,1H3. The van der Waals surface area contributed by atoms with E-state index in [9.17, 15) is 0 Å². The van der Waals surface area contributed by atoms with Crippen LogP contribution in [0.2, 0.25) is 0 Å². The van der Waals surface area contributed by atoms with Gasteiger partial charge in [-0.05, 0) is 18.9 Å². The van der Waals surface area contributed by atoms with Gasteiger partial charge in [-0.15, -0.1) is 0 Å². The largest absolute Gasteiger partial charge is 0.277 e. The van der Waals surface area contributed by atoms with Crippen molar-refractivity contribution in [2.75, 3.05) is 13.7 Å². The molecule has 0 radical (unpaired) electrons. The predicted octanol–water partition coefficient (Wildman–Crippen LogP) is 1.71. The Morgan fingerprint density at radius 1 is 1.64 bits per heavy atom. The van der Waals surface area contributed by atoms with Gasteiger partial charge in [0.05, 0.1) is 7.11 Å². The van der Waals surface area contributed by atoms with Crippen molar-refractivity contribution in [1.82, 2.24) is 5.06 Å². The molecule has 0 aromatic rings. The highest BCUT2D eigenvalue weighted by molar-refractivity contribution is 5.21. The first-order valence-electron chi connectivity index (χ1n) is 4.10. The van der Waals surface area contributed by atoms with Crippen LogP contribution in [0.3, 0.4) is 0 Å². The summed E-state index contributed by atoms with van der Waals surface area (Å²) in [6, 6.07) is 0. The van der Waals surface area contributed by atoms with Gasteiger partial charge in [0.15, 0.2) is 0 Å². The minimum atomic E-state index is 0.722. The van der Waals surface area contributed by atoms with Crippen LogP contribution in [0, 0.1) is 5.92 Å². The smallest absolute Gasteiger partial charge is 0.0638 e. The van der Waals surface area contributed by atoms with E-state index in [-0.39, 0.29) is 0 Å². The lowest BCUT2D eigenvalue weighted by Gasteiger charge is -2.20. The molecule has 0 amide bonds. The van der Waals surface area contributed by atoms with Gasteiger partial charge in [-0.25, -0.2) is 0 Å². The Balaban J connectivity index is 2.19. The molecule has 1 saturated heterocycles. The summed E-state index contributed by atoms with van der Waals surface area (Å²) in [5.74, 6) is 0.722. The maximum Gasteiger partial charge on any atom is 0.0638 e. The number of hydrogen-bond donors (Lipinski definition) is 0. The molecule has 2 nitrogen and oxygen atoms in total. The van der Waals surface area contributed by atoms with Crippen LogP contribution in [-0.4, -0.2) is 18.7 Å². The first-order chi connectivity index (χ1) is 5.42. The number of fused-ring (bicyclic) bond motifs is 1. The highest BCUT2D eigenvalue weighted by Crippen LogP contribution is 2.32. The summed E-state index contributed by atoms with van der Waals surface area (Å²) in [4.78, 5) is 5.21. The van der Waals surface area contributed by atoms with Crippen LogP contribution in [0.5, 0.6) is 0 Å². The van der Waals surface area contributed by atoms with Crippen molar-refractivity contribution in [2.24, 2.45) is 5.92 Å². The summed E-state index contributed by atoms with van der Waals surface area (Å²) in [7, 11) is 1.74. The molecule has 1 heterocycles. The molecule has 0 aromatic heterocycles. The quantitative estimate of drug-likeness (QED) is 0.565. The molecule has 60 valence electrons. The van der Waals surface area contributed by atoms with E-state index in [0.29, 0.717) is 0 Å². The second-order valence-corrected chi connectivity index (χ2v) is 3.03. The van der Waals surface area contributed by atoms with Gasteiger partial charge < -0.3 is 0 Å². The molecule has 0 N–H and O–H groups in total. The summed E-state index contributed by atoms with van der Waals surface area (Å²) >= 11 is 0. The van der Waals surface area contributed by atoms with E-state index in [2.05, 4.69) is 18.2 Å². The molecule has 1 aliphatic carbocycles. The summed E-state index contributed by atoms with van der Waals surface area (Å²) < 4.78 is 0. The van der Waals surface area contributed by atoms with Gasteiger partial charge in [0.1, 0.15) is 0 Å². The molecule has 2 aliphatic rings. The molecule has 1 aliphatic heterocycles. The van der Waals surface area contributed by atoms with Gasteiger partial charge in [0.2, 0.25) is 0 Å². The number of hydrogen-bond acceptors (Lipinski definition) is 2. The van der Waals surface area contributed by atoms with Crippen molar-refractivity contribution in [3.05, 3.63) is 23.9 Å². The molecule has 1 unspecified atom stereocenters. The average Bonchev–Trinajstić information content (AvgIpc) is 2.47. The summed E-state index contributed by atoms with van der Waals surface area (Å²) in [5.41, 5.74) is 1.36. The maximum atomic E-state index is 5.21. The van der Waals surface area contributed by atoms with E-state index >= 15 is 0 Å². The van der Waals surface area contributed by atoms with Gasteiger partial charge in [-0.3, -0.25) is 9.90 Å². The van der Waals surface area contributed by atoms with Crippen molar-refractivity contribution in [2.45, 2.75) is 12.8 Å². The Morgan fingerprint density at radius 3 is 3.36 bits per heavy atom. The zero-order valence-corrected chi connectivity index (χ0v) is 6.79. The van der Waals surface area contributed by atoms with Crippen LogP contribution >= 0.6 is 0 Å². The highest BCUT2D eigenvalue weighted by Gasteiger charge is 2.27. The lowest BCUT2D eigenvalue weighted by atomic mass is 9.97. The van der Waals surface area contributed by atoms with Gasteiger partial charge in [0, 0.05) is 18.2 Å². The second-order valence-electron chi connectivity index (χ2n) is 3.03. The van der Waals surface area contributed by atoms with E-state index in [0.717, 1.165) is 12.5 Å². The molecule has 11 heavy (non-hydrogen) atoms. The minimum Gasteiger partial charge on any atom is -0.277 e. The number of nitrogens with zero attached hydrogens (tertiary/aromatic N) is 1. The molecule has 1 atom stereocenters. The van der Waals surface area contributed by atoms with Gasteiger partial charge >= 0.3 is 0 Å². The van der Waals surface area contributed by atoms with E-state index in [1.807, 2.05) is 5.06 Å². The van der Waals surface area contributed by atoms with Crippen LogP contribution in [0.15, 0.2) is 23.9 Å². The molecule has 0 spiro atoms. The molecule has 1 fully saturated rings. The number of rotatable bonds is 1. The maximum absolute atomic E-state index is 5.21. The van der Waals surface area contributed by atoms with Crippen molar-refractivity contribution < 1.29 is 4.84 Å². The number of hydroxylamine groups is 2. The van der Waals surface area contributed by atoms with Crippen LogP contribution in [-0.2, 0) is 4.84 Å². The van der Waals surface area contributed by atoms with E-state index in [1.165, 1.54) is 18.5 Å². The van der Waals surface area contributed by atoms with E-state index in [4.69, 9.17) is 4.84 Å². The fourth-order valence-electron chi connectivity index (χ4n) is 1.82. The molecular formula is C9H13NO. The first kappa shape index (κ1) is 6.92. The topological polar surface area (TPSA) is 12.5 Å². The normalized spacial score (nSPS) is 28.6. The predicted molar refractivity (Wildman–Crippen MR) is 43.7 cm³/mol. The number of allylic oxidation sites excluding steroid dienone is 4. The van der Waals surface area contributed by atoms with Gasteiger partial charge in [-0.2, -0.15) is 0 Å². The Hall–Kier alpha value is -0.760. The zero-order valence-electron chi connectivity index (χ0n) is 6.79. The van der Waals surface area contributed by atoms with Gasteiger partial charge in [-0.1, -0.05) is 12.2 Å². The fraction of sp³-hybridized carbons (Fsp3) is 0.556. The van der Waals surface area contributed by atoms with Crippen LogP contribution in [0.25, 0.3) is 0 Å². The second kappa shape index (κ2) is 2.70. The van der Waals surface area contributed by atoms with Crippen LogP contribution in [0.1, 0.15) is 12.8 Å². The SMILES string of the molecule is CON1CCC2CC=CC=C21. The van der Waals surface area contributed by atoms with Crippen molar-refractivity contribution in [1.29, 1.82) is 0 Å². The monoisotopic (exact) mass is 151 g/mol. The third kappa shape index (κ3) is 1.07. The summed E-state index contributed by atoms with van der Waals surface area (Å²) in [6.45, 7) is 1.05. The lowest BCUT2D eigenvalue weighted by molar-refractivity contribution is -0.0878. The highest BCUT2D eigenvalue weighted by atomic mass is 16.7. The molecule has 2 rings (SSSR count). The van der Waals surface area contributed by atoms with Crippen molar-refractivity contribution in [3.63, 3.8) is 0 Å². The van der Waals surface area contributed by atoms with E-state index in [1.54, 1.807) is 7.11 Å². The summed E-state index contributed by atoms with van der Waals surface area (Å²) in [6.07, 6.45) is 8.93. The molecule has 0 saturated carbocycles. The Morgan fingerprint density at radius 2 is 2.55 bits per heavy atom. The van der Waals surface area contributed by atoms with Crippen molar-refractivity contribution >= 4 is 0 Å². The molecule has 2 heteroatoms. The molecule has 0 aromatic carbocycles. The zero-order chi connectivity index (χ0) is 7.68. The van der Waals surface area contributed by atoms with Crippen LogP contribution in [0.4, 0.5) is 0 Å². The van der Waals surface area contributed by atoms with E-state index < -0.39 is 0 Å². The average molecular weight is 151 g/mol. The Bertz CT molecular complexity index is 208. The third-order valence-electron chi connectivity index (χ3n) is 2.43. The molecule has 0 bridgehead atoms. The summed E-state index contributed by atoms with van der Waals surface area (Å²) in [5, 5.41) is 1.99. The Labute approximate surface area is 67.1 Å². The van der Waals surface area contributed by atoms with Crippen molar-refractivity contribution in [3.8, 4) is 0 Å².